The number of carbonyl (C=O) groups is 1. The third kappa shape index (κ3) is 3.23. The highest BCUT2D eigenvalue weighted by molar-refractivity contribution is 7.89. The minimum Gasteiger partial charge on any atom is -0.423 e. The number of nitrogens with two attached hydrogens (primary N) is 1. The molecule has 0 amide bonds. The van der Waals surface area contributed by atoms with Crippen LogP contribution in [-0.2, 0) is 10.0 Å². The molecule has 0 fully saturated rings. The van der Waals surface area contributed by atoms with Gasteiger partial charge in [-0.25, -0.2) is 18.4 Å². The maximum Gasteiger partial charge on any atom is 0.344 e. The summed E-state index contributed by atoms with van der Waals surface area (Å²) in [5, 5.41) is 5.10. The molecule has 0 saturated heterocycles. The van der Waals surface area contributed by atoms with Gasteiger partial charge in [-0.15, -0.1) is 0 Å². The van der Waals surface area contributed by atoms with Gasteiger partial charge in [0, 0.05) is 0 Å². The van der Waals surface area contributed by atoms with Crippen LogP contribution < -0.4 is 9.88 Å². The van der Waals surface area contributed by atoms with E-state index >= 15 is 0 Å². The summed E-state index contributed by atoms with van der Waals surface area (Å²) < 4.78 is 28.1. The Hall–Kier alpha value is -2.18. The number of aryl methyl sites for hydroxylation is 1. The third-order valence-electron chi connectivity index (χ3n) is 2.62. The average Bonchev–Trinajstić information content (AvgIpc) is 2.38. The summed E-state index contributed by atoms with van der Waals surface area (Å²) in [6.45, 7) is 1.74. The molecule has 0 heterocycles. The van der Waals surface area contributed by atoms with Gasteiger partial charge in [-0.3, -0.25) is 0 Å². The maximum absolute atomic E-state index is 12.1. The molecule has 2 aromatic carbocycles. The molecule has 0 atom stereocenters. The number of hydrogen-bond donors (Lipinski definition) is 1. The molecule has 0 aliphatic rings. The van der Waals surface area contributed by atoms with Gasteiger partial charge in [0.25, 0.3) is 0 Å². The highest BCUT2D eigenvalue weighted by atomic mass is 32.2. The molecule has 0 aliphatic carbocycles. The monoisotopic (exact) mass is 291 g/mol. The molecule has 20 heavy (non-hydrogen) atoms. The van der Waals surface area contributed by atoms with E-state index < -0.39 is 16.0 Å². The van der Waals surface area contributed by atoms with Gasteiger partial charge in [0.1, 0.15) is 5.75 Å². The van der Waals surface area contributed by atoms with E-state index in [0.717, 1.165) is 5.56 Å². The van der Waals surface area contributed by atoms with E-state index in [4.69, 9.17) is 9.88 Å². The lowest BCUT2D eigenvalue weighted by Crippen LogP contribution is -2.19. The second kappa shape index (κ2) is 5.44. The van der Waals surface area contributed by atoms with Crippen LogP contribution in [-0.4, -0.2) is 14.4 Å². The molecule has 104 valence electrons. The molecule has 0 unspecified atom stereocenters. The second-order valence-corrected chi connectivity index (χ2v) is 5.78. The second-order valence-electron chi connectivity index (χ2n) is 4.25. The molecule has 2 aromatic rings. The Balaban J connectivity index is 2.42. The van der Waals surface area contributed by atoms with E-state index in [1.165, 1.54) is 12.1 Å². The van der Waals surface area contributed by atoms with Gasteiger partial charge in [0.15, 0.2) is 0 Å². The smallest absolute Gasteiger partial charge is 0.344 e. The fourth-order valence-corrected chi connectivity index (χ4v) is 2.41. The molecule has 0 aromatic heterocycles. The lowest BCUT2D eigenvalue weighted by Gasteiger charge is -2.09. The van der Waals surface area contributed by atoms with Crippen LogP contribution in [0.5, 0.6) is 5.75 Å². The van der Waals surface area contributed by atoms with Crippen molar-refractivity contribution < 1.29 is 17.9 Å². The Morgan fingerprint density at radius 2 is 1.75 bits per heavy atom. The van der Waals surface area contributed by atoms with Crippen LogP contribution in [0.2, 0.25) is 0 Å². The number of rotatable bonds is 3. The van der Waals surface area contributed by atoms with Crippen LogP contribution in [0.1, 0.15) is 15.9 Å². The maximum atomic E-state index is 12.1. The molecule has 5 nitrogen and oxygen atoms in total. The Labute approximate surface area is 117 Å². The average molecular weight is 291 g/mol. The van der Waals surface area contributed by atoms with E-state index in [2.05, 4.69) is 0 Å². The number of ether oxygens (including phenoxy) is 1. The van der Waals surface area contributed by atoms with Gasteiger partial charge in [-0.2, -0.15) is 0 Å². The van der Waals surface area contributed by atoms with Crippen molar-refractivity contribution >= 4 is 16.0 Å². The van der Waals surface area contributed by atoms with Crippen molar-refractivity contribution in [2.24, 2.45) is 5.14 Å². The first-order chi connectivity index (χ1) is 9.38. The summed E-state index contributed by atoms with van der Waals surface area (Å²) in [6.07, 6.45) is 0. The zero-order valence-electron chi connectivity index (χ0n) is 10.7. The lowest BCUT2D eigenvalue weighted by molar-refractivity contribution is 0.0730. The zero-order chi connectivity index (χ0) is 14.8. The molecule has 0 aliphatic heterocycles. The van der Waals surface area contributed by atoms with E-state index in [0.29, 0.717) is 5.75 Å². The highest BCUT2D eigenvalue weighted by Crippen LogP contribution is 2.19. The summed E-state index contributed by atoms with van der Waals surface area (Å²) in [7, 11) is -3.99. The van der Waals surface area contributed by atoms with Crippen molar-refractivity contribution in [1.82, 2.24) is 0 Å². The van der Waals surface area contributed by atoms with Gasteiger partial charge in [-0.05, 0) is 31.2 Å². The molecule has 0 saturated carbocycles. The number of sulfonamides is 1. The van der Waals surface area contributed by atoms with Gasteiger partial charge >= 0.3 is 5.97 Å². The fraction of sp³-hybridized carbons (Fsp3) is 0.0714. The quantitative estimate of drug-likeness (QED) is 0.690. The van der Waals surface area contributed by atoms with Crippen LogP contribution >= 0.6 is 0 Å². The molecule has 2 rings (SSSR count). The first kappa shape index (κ1) is 14.2. The van der Waals surface area contributed by atoms with Crippen LogP contribution in [0.4, 0.5) is 0 Å². The molecule has 0 bridgehead atoms. The standard InChI is InChI=1S/C14H13NO4S/c1-10-7-8-13(20(15,17)18)12(9-10)14(16)19-11-5-3-2-4-6-11/h2-9H,1H3,(H2,15,17,18). The van der Waals surface area contributed by atoms with Crippen LogP contribution in [0.15, 0.2) is 53.4 Å². The summed E-state index contributed by atoms with van der Waals surface area (Å²) in [5.74, 6) is -0.427. The first-order valence-corrected chi connectivity index (χ1v) is 7.33. The third-order valence-corrected chi connectivity index (χ3v) is 3.58. The number of para-hydroxylation sites is 1. The molecular weight excluding hydrogens is 278 g/mol. The van der Waals surface area contributed by atoms with E-state index in [9.17, 15) is 13.2 Å². The predicted octanol–water partition coefficient (Wildman–Crippen LogP) is 1.86. The SMILES string of the molecule is Cc1ccc(S(N)(=O)=O)c(C(=O)Oc2ccccc2)c1. The van der Waals surface area contributed by atoms with E-state index in [-0.39, 0.29) is 10.5 Å². The van der Waals surface area contributed by atoms with Crippen LogP contribution in [0.3, 0.4) is 0 Å². The summed E-state index contributed by atoms with van der Waals surface area (Å²) >= 11 is 0. The Morgan fingerprint density at radius 1 is 1.10 bits per heavy atom. The Kier molecular flexibility index (Phi) is 3.87. The van der Waals surface area contributed by atoms with Crippen molar-refractivity contribution in [3.05, 3.63) is 59.7 Å². The molecule has 6 heteroatoms. The van der Waals surface area contributed by atoms with Gasteiger partial charge in [0.2, 0.25) is 10.0 Å². The number of hydrogen-bond acceptors (Lipinski definition) is 4. The van der Waals surface area contributed by atoms with E-state index in [1.807, 2.05) is 0 Å². The summed E-state index contributed by atoms with van der Waals surface area (Å²) in [6, 6.07) is 12.7. The largest absolute Gasteiger partial charge is 0.423 e. The number of benzene rings is 2. The lowest BCUT2D eigenvalue weighted by atomic mass is 10.1. The van der Waals surface area contributed by atoms with Crippen molar-refractivity contribution in [3.63, 3.8) is 0 Å². The minimum atomic E-state index is -3.99. The summed E-state index contributed by atoms with van der Waals surface area (Å²) in [5.41, 5.74) is 0.661. The number of carbonyl (C=O) groups excluding carboxylic acids is 1. The Bertz CT molecular complexity index is 739. The topological polar surface area (TPSA) is 86.5 Å². The van der Waals surface area contributed by atoms with Gasteiger partial charge < -0.3 is 4.74 Å². The van der Waals surface area contributed by atoms with Crippen molar-refractivity contribution in [2.75, 3.05) is 0 Å². The number of esters is 1. The van der Waals surface area contributed by atoms with Crippen LogP contribution in [0.25, 0.3) is 0 Å². The van der Waals surface area contributed by atoms with Crippen LogP contribution in [0, 0.1) is 6.92 Å². The van der Waals surface area contributed by atoms with E-state index in [1.54, 1.807) is 43.3 Å². The normalized spacial score (nSPS) is 11.1. The van der Waals surface area contributed by atoms with Gasteiger partial charge in [0.05, 0.1) is 10.5 Å². The molecular formula is C14H13NO4S. The predicted molar refractivity (Wildman–Crippen MR) is 74.0 cm³/mol. The zero-order valence-corrected chi connectivity index (χ0v) is 11.6. The molecule has 0 radical (unpaired) electrons. The van der Waals surface area contributed by atoms with Crippen molar-refractivity contribution in [2.45, 2.75) is 11.8 Å². The summed E-state index contributed by atoms with van der Waals surface area (Å²) in [4.78, 5) is 11.8. The first-order valence-electron chi connectivity index (χ1n) is 5.78. The molecule has 2 N–H and O–H groups in total. The van der Waals surface area contributed by atoms with Gasteiger partial charge in [-0.1, -0.05) is 29.8 Å². The van der Waals surface area contributed by atoms with Crippen molar-refractivity contribution in [3.8, 4) is 5.75 Å². The Morgan fingerprint density at radius 3 is 2.35 bits per heavy atom. The minimum absolute atomic E-state index is 0.0728. The van der Waals surface area contributed by atoms with Crippen molar-refractivity contribution in [1.29, 1.82) is 0 Å². The fourth-order valence-electron chi connectivity index (χ4n) is 1.70. The highest BCUT2D eigenvalue weighted by Gasteiger charge is 2.21. The molecule has 0 spiro atoms. The number of primary sulfonamides is 1.